The third kappa shape index (κ3) is 3.37. The van der Waals surface area contributed by atoms with Crippen LogP contribution >= 0.6 is 11.6 Å². The summed E-state index contributed by atoms with van der Waals surface area (Å²) < 4.78 is 10.8. The second-order valence-corrected chi connectivity index (χ2v) is 5.49. The van der Waals surface area contributed by atoms with E-state index in [0.29, 0.717) is 29.9 Å². The largest absolute Gasteiger partial charge is 0.491 e. The molecule has 4 nitrogen and oxygen atoms in total. The van der Waals surface area contributed by atoms with Gasteiger partial charge in [-0.3, -0.25) is 0 Å². The van der Waals surface area contributed by atoms with Gasteiger partial charge in [-0.15, -0.1) is 0 Å². The Kier molecular flexibility index (Phi) is 5.12. The fraction of sp³-hybridized carbons (Fsp3) is 0.533. The summed E-state index contributed by atoms with van der Waals surface area (Å²) >= 11 is 6.04. The Bertz CT molecular complexity index is 486. The standard InChI is InChI=1S/C15H20ClNO3/c1-2-8-19-15(18)13-11(16)6-7-12(14(13)17)20-9-10-4-3-5-10/h6-7,10H,2-5,8-9,17H2,1H3. The van der Waals surface area contributed by atoms with Crippen molar-refractivity contribution in [2.75, 3.05) is 18.9 Å². The molecule has 5 heteroatoms. The molecule has 20 heavy (non-hydrogen) atoms. The summed E-state index contributed by atoms with van der Waals surface area (Å²) in [5, 5.41) is 0.291. The topological polar surface area (TPSA) is 61.5 Å². The van der Waals surface area contributed by atoms with Crippen LogP contribution in [0, 0.1) is 5.92 Å². The van der Waals surface area contributed by atoms with Crippen LogP contribution in [0.2, 0.25) is 5.02 Å². The first-order chi connectivity index (χ1) is 9.63. The van der Waals surface area contributed by atoms with Gasteiger partial charge in [0.2, 0.25) is 0 Å². The zero-order valence-electron chi connectivity index (χ0n) is 11.7. The number of ether oxygens (including phenoxy) is 2. The fourth-order valence-corrected chi connectivity index (χ4v) is 2.28. The van der Waals surface area contributed by atoms with Gasteiger partial charge in [-0.1, -0.05) is 24.9 Å². The minimum absolute atomic E-state index is 0.200. The van der Waals surface area contributed by atoms with E-state index in [1.807, 2.05) is 6.92 Å². The number of anilines is 1. The number of benzene rings is 1. The molecule has 0 amide bonds. The highest BCUT2D eigenvalue weighted by Crippen LogP contribution is 2.34. The average Bonchev–Trinajstić information content (AvgIpc) is 2.37. The van der Waals surface area contributed by atoms with E-state index in [-0.39, 0.29) is 11.3 Å². The van der Waals surface area contributed by atoms with Gasteiger partial charge in [-0.05, 0) is 37.3 Å². The molecule has 2 N–H and O–H groups in total. The van der Waals surface area contributed by atoms with E-state index in [4.69, 9.17) is 26.8 Å². The molecule has 0 heterocycles. The van der Waals surface area contributed by atoms with Crippen molar-refractivity contribution >= 4 is 23.3 Å². The van der Waals surface area contributed by atoms with Gasteiger partial charge >= 0.3 is 5.97 Å². The van der Waals surface area contributed by atoms with Crippen molar-refractivity contribution in [1.82, 2.24) is 0 Å². The summed E-state index contributed by atoms with van der Waals surface area (Å²) in [4.78, 5) is 12.0. The van der Waals surface area contributed by atoms with Crippen LogP contribution < -0.4 is 10.5 Å². The Hall–Kier alpha value is -1.42. The SMILES string of the molecule is CCCOC(=O)c1c(Cl)ccc(OCC2CCC2)c1N. The van der Waals surface area contributed by atoms with Crippen molar-refractivity contribution in [1.29, 1.82) is 0 Å². The van der Waals surface area contributed by atoms with Crippen molar-refractivity contribution in [3.63, 3.8) is 0 Å². The van der Waals surface area contributed by atoms with Crippen LogP contribution in [0.5, 0.6) is 5.75 Å². The molecule has 1 aromatic rings. The molecule has 0 aromatic heterocycles. The molecule has 0 aliphatic heterocycles. The first-order valence-corrected chi connectivity index (χ1v) is 7.39. The van der Waals surface area contributed by atoms with Gasteiger partial charge in [0, 0.05) is 0 Å². The number of hydrogen-bond donors (Lipinski definition) is 1. The van der Waals surface area contributed by atoms with E-state index >= 15 is 0 Å². The second-order valence-electron chi connectivity index (χ2n) is 5.08. The van der Waals surface area contributed by atoms with Gasteiger partial charge < -0.3 is 15.2 Å². The Morgan fingerprint density at radius 2 is 2.20 bits per heavy atom. The molecule has 1 aliphatic carbocycles. The lowest BCUT2D eigenvalue weighted by Crippen LogP contribution is -2.20. The number of hydrogen-bond acceptors (Lipinski definition) is 4. The first-order valence-electron chi connectivity index (χ1n) is 7.01. The number of nitrogen functional groups attached to an aromatic ring is 1. The summed E-state index contributed by atoms with van der Waals surface area (Å²) in [6, 6.07) is 3.32. The van der Waals surface area contributed by atoms with Gasteiger partial charge in [0.05, 0.1) is 23.9 Å². The summed E-state index contributed by atoms with van der Waals surface area (Å²) in [6.07, 6.45) is 4.40. The van der Waals surface area contributed by atoms with Crippen LogP contribution in [0.3, 0.4) is 0 Å². The molecule has 0 spiro atoms. The number of esters is 1. The molecule has 0 bridgehead atoms. The maximum atomic E-state index is 12.0. The molecule has 0 atom stereocenters. The summed E-state index contributed by atoms with van der Waals surface area (Å²) in [5.41, 5.74) is 6.45. The monoisotopic (exact) mass is 297 g/mol. The zero-order valence-corrected chi connectivity index (χ0v) is 12.4. The predicted octanol–water partition coefficient (Wildman–Crippen LogP) is 3.67. The molecule has 1 aromatic carbocycles. The van der Waals surface area contributed by atoms with E-state index in [1.54, 1.807) is 12.1 Å². The normalized spacial score (nSPS) is 14.7. The highest BCUT2D eigenvalue weighted by Gasteiger charge is 2.22. The molecule has 0 radical (unpaired) electrons. The smallest absolute Gasteiger partial charge is 0.341 e. The third-order valence-corrected chi connectivity index (χ3v) is 3.81. The van der Waals surface area contributed by atoms with Crippen LogP contribution in [-0.4, -0.2) is 19.2 Å². The predicted molar refractivity (Wildman–Crippen MR) is 79.3 cm³/mol. The number of nitrogens with two attached hydrogens (primary N) is 1. The molecule has 2 rings (SSSR count). The quantitative estimate of drug-likeness (QED) is 0.643. The highest BCUT2D eigenvalue weighted by atomic mass is 35.5. The minimum Gasteiger partial charge on any atom is -0.491 e. The van der Waals surface area contributed by atoms with Crippen LogP contribution in [0.1, 0.15) is 43.0 Å². The molecular weight excluding hydrogens is 278 g/mol. The molecule has 1 fully saturated rings. The van der Waals surface area contributed by atoms with Crippen LogP contribution in [0.15, 0.2) is 12.1 Å². The van der Waals surface area contributed by atoms with Crippen molar-refractivity contribution in [2.24, 2.45) is 5.92 Å². The van der Waals surface area contributed by atoms with Gasteiger partial charge in [-0.2, -0.15) is 0 Å². The lowest BCUT2D eigenvalue weighted by atomic mass is 9.86. The fourth-order valence-electron chi connectivity index (χ4n) is 2.04. The molecule has 110 valence electrons. The summed E-state index contributed by atoms with van der Waals surface area (Å²) in [7, 11) is 0. The molecule has 0 unspecified atom stereocenters. The number of halogens is 1. The minimum atomic E-state index is -0.497. The van der Waals surface area contributed by atoms with Crippen molar-refractivity contribution in [2.45, 2.75) is 32.6 Å². The Labute approximate surface area is 124 Å². The molecular formula is C15H20ClNO3. The summed E-state index contributed by atoms with van der Waals surface area (Å²) in [6.45, 7) is 2.91. The Morgan fingerprint density at radius 1 is 1.45 bits per heavy atom. The lowest BCUT2D eigenvalue weighted by molar-refractivity contribution is 0.0506. The molecule has 1 aliphatic rings. The van der Waals surface area contributed by atoms with E-state index in [1.165, 1.54) is 19.3 Å². The van der Waals surface area contributed by atoms with Crippen LogP contribution in [0.25, 0.3) is 0 Å². The molecule has 1 saturated carbocycles. The van der Waals surface area contributed by atoms with Gasteiger partial charge in [-0.25, -0.2) is 4.79 Å². The number of carbonyl (C=O) groups excluding carboxylic acids is 1. The zero-order chi connectivity index (χ0) is 14.5. The van der Waals surface area contributed by atoms with E-state index < -0.39 is 5.97 Å². The lowest BCUT2D eigenvalue weighted by Gasteiger charge is -2.25. The van der Waals surface area contributed by atoms with Crippen LogP contribution in [-0.2, 0) is 4.74 Å². The molecule has 0 saturated heterocycles. The van der Waals surface area contributed by atoms with Crippen molar-refractivity contribution in [3.05, 3.63) is 22.7 Å². The Morgan fingerprint density at radius 3 is 2.80 bits per heavy atom. The second kappa shape index (κ2) is 6.84. The van der Waals surface area contributed by atoms with Crippen molar-refractivity contribution < 1.29 is 14.3 Å². The third-order valence-electron chi connectivity index (χ3n) is 3.50. The summed E-state index contributed by atoms with van der Waals surface area (Å²) in [5.74, 6) is 0.605. The number of carbonyl (C=O) groups is 1. The Balaban J connectivity index is 2.11. The van der Waals surface area contributed by atoms with Gasteiger partial charge in [0.15, 0.2) is 0 Å². The van der Waals surface area contributed by atoms with E-state index in [2.05, 4.69) is 0 Å². The van der Waals surface area contributed by atoms with Crippen molar-refractivity contribution in [3.8, 4) is 5.75 Å². The van der Waals surface area contributed by atoms with E-state index in [9.17, 15) is 4.79 Å². The first kappa shape index (κ1) is 15.0. The maximum Gasteiger partial charge on any atom is 0.341 e. The number of rotatable bonds is 6. The highest BCUT2D eigenvalue weighted by molar-refractivity contribution is 6.34. The van der Waals surface area contributed by atoms with Gasteiger partial charge in [0.25, 0.3) is 0 Å². The van der Waals surface area contributed by atoms with Crippen LogP contribution in [0.4, 0.5) is 5.69 Å². The van der Waals surface area contributed by atoms with Gasteiger partial charge in [0.1, 0.15) is 11.3 Å². The maximum absolute atomic E-state index is 12.0. The van der Waals surface area contributed by atoms with E-state index in [0.717, 1.165) is 6.42 Å². The average molecular weight is 298 g/mol.